The summed E-state index contributed by atoms with van der Waals surface area (Å²) in [5.74, 6) is -1.83. The highest BCUT2D eigenvalue weighted by Gasteiger charge is 2.46. The van der Waals surface area contributed by atoms with Gasteiger partial charge in [0.15, 0.2) is 0 Å². The van der Waals surface area contributed by atoms with Crippen LogP contribution in [0.25, 0.3) is 0 Å². The Balaban J connectivity index is 2.13. The van der Waals surface area contributed by atoms with Crippen molar-refractivity contribution < 1.29 is 42.1 Å². The number of amides is 1. The summed E-state index contributed by atoms with van der Waals surface area (Å²) < 4.78 is 48.8. The number of hydrogen-bond acceptors (Lipinski definition) is 6. The number of esters is 2. The average Bonchev–Trinajstić information content (AvgIpc) is 3.02. The summed E-state index contributed by atoms with van der Waals surface area (Å²) in [4.78, 5) is 35.2. The van der Waals surface area contributed by atoms with Gasteiger partial charge in [-0.25, -0.2) is 0 Å². The molecular weight excluding hydrogens is 407 g/mol. The van der Waals surface area contributed by atoms with E-state index in [9.17, 15) is 32.7 Å². The summed E-state index contributed by atoms with van der Waals surface area (Å²) >= 11 is 0. The lowest BCUT2D eigenvalue weighted by Crippen LogP contribution is -2.40. The molecule has 1 saturated carbocycles. The Morgan fingerprint density at radius 3 is 2.53 bits per heavy atom. The Kier molecular flexibility index (Phi) is 7.33. The number of phenols is 1. The van der Waals surface area contributed by atoms with Crippen molar-refractivity contribution in [3.8, 4) is 5.75 Å². The van der Waals surface area contributed by atoms with Crippen LogP contribution in [-0.2, 0) is 36.6 Å². The van der Waals surface area contributed by atoms with Crippen LogP contribution in [0.3, 0.4) is 0 Å². The zero-order valence-corrected chi connectivity index (χ0v) is 16.7. The number of carbonyl (C=O) groups is 3. The standard InChI is InChI=1S/C20H24F3NO6/c1-12(25)29-8-7-19(6-5-16(10-19)30-13(2)26)18(28)24-11-14-9-15(20(21,22)23)3-4-17(14)27/h3-4,9,16,27H,5-8,10-11H2,1-2H3,(H,24,28). The summed E-state index contributed by atoms with van der Waals surface area (Å²) in [6, 6.07) is 2.45. The fourth-order valence-corrected chi connectivity index (χ4v) is 3.62. The third-order valence-electron chi connectivity index (χ3n) is 5.11. The molecule has 10 heteroatoms. The number of hydrogen-bond donors (Lipinski definition) is 2. The predicted molar refractivity (Wildman–Crippen MR) is 98.0 cm³/mol. The van der Waals surface area contributed by atoms with Gasteiger partial charge in [0.05, 0.1) is 17.6 Å². The van der Waals surface area contributed by atoms with Crippen LogP contribution in [0, 0.1) is 5.41 Å². The minimum atomic E-state index is -4.58. The normalized spacial score (nSPS) is 21.2. The van der Waals surface area contributed by atoms with Crippen LogP contribution in [0.5, 0.6) is 5.75 Å². The molecule has 2 atom stereocenters. The Labute approximate surface area is 171 Å². The number of nitrogens with one attached hydrogen (secondary N) is 1. The number of ether oxygens (including phenoxy) is 2. The number of halogens is 3. The summed E-state index contributed by atoms with van der Waals surface area (Å²) in [5.41, 5.74) is -2.03. The number of rotatable bonds is 7. The fourth-order valence-electron chi connectivity index (χ4n) is 3.62. The van der Waals surface area contributed by atoms with Gasteiger partial charge in [-0.15, -0.1) is 0 Å². The maximum absolute atomic E-state index is 12.9. The second-order valence-corrected chi connectivity index (χ2v) is 7.37. The molecule has 1 aliphatic rings. The van der Waals surface area contributed by atoms with Crippen LogP contribution in [0.4, 0.5) is 13.2 Å². The number of alkyl halides is 3. The van der Waals surface area contributed by atoms with Crippen molar-refractivity contribution in [1.29, 1.82) is 0 Å². The topological polar surface area (TPSA) is 102 Å². The van der Waals surface area contributed by atoms with Gasteiger partial charge in [0.2, 0.25) is 5.91 Å². The first-order valence-corrected chi connectivity index (χ1v) is 9.41. The van der Waals surface area contributed by atoms with Crippen LogP contribution < -0.4 is 5.32 Å². The Morgan fingerprint density at radius 2 is 1.93 bits per heavy atom. The van der Waals surface area contributed by atoms with Gasteiger partial charge in [-0.3, -0.25) is 14.4 Å². The first-order valence-electron chi connectivity index (χ1n) is 9.41. The number of phenolic OH excluding ortho intramolecular Hbond substituents is 1. The SMILES string of the molecule is CC(=O)OCCC1(C(=O)NCc2cc(C(F)(F)F)ccc2O)CCC(OC(C)=O)C1. The summed E-state index contributed by atoms with van der Waals surface area (Å²) in [5, 5.41) is 12.4. The molecule has 1 amide bonds. The molecule has 166 valence electrons. The molecule has 0 spiro atoms. The van der Waals surface area contributed by atoms with E-state index < -0.39 is 41.1 Å². The van der Waals surface area contributed by atoms with E-state index in [1.807, 2.05) is 0 Å². The van der Waals surface area contributed by atoms with Crippen molar-refractivity contribution in [3.63, 3.8) is 0 Å². The zero-order chi connectivity index (χ0) is 22.5. The van der Waals surface area contributed by atoms with Crippen LogP contribution in [-0.4, -0.2) is 35.7 Å². The van der Waals surface area contributed by atoms with Crippen molar-refractivity contribution in [2.75, 3.05) is 6.61 Å². The highest BCUT2D eigenvalue weighted by Crippen LogP contribution is 2.43. The molecule has 0 saturated heterocycles. The van der Waals surface area contributed by atoms with Gasteiger partial charge < -0.3 is 19.9 Å². The largest absolute Gasteiger partial charge is 0.508 e. The van der Waals surface area contributed by atoms with E-state index in [0.717, 1.165) is 18.2 Å². The molecule has 2 rings (SSSR count). The molecule has 7 nitrogen and oxygen atoms in total. The number of benzene rings is 1. The molecule has 30 heavy (non-hydrogen) atoms. The van der Waals surface area contributed by atoms with E-state index in [1.54, 1.807) is 0 Å². The molecule has 0 aliphatic heterocycles. The lowest BCUT2D eigenvalue weighted by molar-refractivity contribution is -0.148. The van der Waals surface area contributed by atoms with Crippen molar-refractivity contribution in [2.24, 2.45) is 5.41 Å². The lowest BCUT2D eigenvalue weighted by Gasteiger charge is -2.28. The van der Waals surface area contributed by atoms with Gasteiger partial charge in [-0.05, 0) is 43.9 Å². The van der Waals surface area contributed by atoms with Crippen molar-refractivity contribution >= 4 is 17.8 Å². The monoisotopic (exact) mass is 431 g/mol. The Hall–Kier alpha value is -2.78. The smallest absolute Gasteiger partial charge is 0.416 e. The quantitative estimate of drug-likeness (QED) is 0.644. The van der Waals surface area contributed by atoms with Gasteiger partial charge in [0, 0.05) is 26.0 Å². The second-order valence-electron chi connectivity index (χ2n) is 7.37. The van der Waals surface area contributed by atoms with Crippen LogP contribution in [0.15, 0.2) is 18.2 Å². The van der Waals surface area contributed by atoms with Crippen LogP contribution in [0.2, 0.25) is 0 Å². The highest BCUT2D eigenvalue weighted by molar-refractivity contribution is 5.83. The molecule has 2 N–H and O–H groups in total. The maximum atomic E-state index is 12.9. The van der Waals surface area contributed by atoms with Gasteiger partial charge in [0.25, 0.3) is 0 Å². The highest BCUT2D eigenvalue weighted by atomic mass is 19.4. The number of aromatic hydroxyl groups is 1. The maximum Gasteiger partial charge on any atom is 0.416 e. The minimum Gasteiger partial charge on any atom is -0.508 e. The molecule has 0 radical (unpaired) electrons. The molecule has 0 heterocycles. The van der Waals surface area contributed by atoms with Crippen LogP contribution >= 0.6 is 0 Å². The average molecular weight is 431 g/mol. The van der Waals surface area contributed by atoms with Gasteiger partial charge in [-0.2, -0.15) is 13.2 Å². The van der Waals surface area contributed by atoms with E-state index >= 15 is 0 Å². The second kappa shape index (κ2) is 9.36. The van der Waals surface area contributed by atoms with Crippen molar-refractivity contribution in [1.82, 2.24) is 5.32 Å². The van der Waals surface area contributed by atoms with E-state index in [4.69, 9.17) is 9.47 Å². The van der Waals surface area contributed by atoms with Gasteiger partial charge >= 0.3 is 18.1 Å². The third-order valence-corrected chi connectivity index (χ3v) is 5.11. The molecule has 1 aromatic rings. The zero-order valence-electron chi connectivity index (χ0n) is 16.7. The molecule has 0 aromatic heterocycles. The minimum absolute atomic E-state index is 0.0235. The first-order chi connectivity index (χ1) is 13.9. The fraction of sp³-hybridized carbons (Fsp3) is 0.550. The van der Waals surface area contributed by atoms with E-state index in [2.05, 4.69) is 5.32 Å². The molecule has 2 unspecified atom stereocenters. The Bertz CT molecular complexity index is 810. The van der Waals surface area contributed by atoms with Crippen molar-refractivity contribution in [3.05, 3.63) is 29.3 Å². The Morgan fingerprint density at radius 1 is 1.23 bits per heavy atom. The molecule has 1 fully saturated rings. The predicted octanol–water partition coefficient (Wildman–Crippen LogP) is 3.08. The van der Waals surface area contributed by atoms with Crippen LogP contribution in [0.1, 0.15) is 50.7 Å². The van der Waals surface area contributed by atoms with Crippen molar-refractivity contribution in [2.45, 2.75) is 58.4 Å². The first kappa shape index (κ1) is 23.5. The van der Waals surface area contributed by atoms with Gasteiger partial charge in [-0.1, -0.05) is 0 Å². The summed E-state index contributed by atoms with van der Waals surface area (Å²) in [7, 11) is 0. The van der Waals surface area contributed by atoms with Gasteiger partial charge in [0.1, 0.15) is 11.9 Å². The third kappa shape index (κ3) is 6.11. The molecule has 0 bridgehead atoms. The lowest BCUT2D eigenvalue weighted by atomic mass is 9.81. The van der Waals surface area contributed by atoms with E-state index in [1.165, 1.54) is 13.8 Å². The summed E-state index contributed by atoms with van der Waals surface area (Å²) in [6.07, 6.45) is -3.90. The van der Waals surface area contributed by atoms with E-state index in [0.29, 0.717) is 12.8 Å². The molecule has 1 aliphatic carbocycles. The number of carbonyl (C=O) groups excluding carboxylic acids is 3. The summed E-state index contributed by atoms with van der Waals surface area (Å²) in [6.45, 7) is 2.15. The molecular formula is C20H24F3NO6. The molecule has 1 aromatic carbocycles. The van der Waals surface area contributed by atoms with E-state index in [-0.39, 0.29) is 37.3 Å².